The van der Waals surface area contributed by atoms with Crippen LogP contribution in [0, 0.1) is 0 Å². The number of aromatic nitrogens is 1. The summed E-state index contributed by atoms with van der Waals surface area (Å²) in [4.78, 5) is 6.30. The number of phenols is 1. The van der Waals surface area contributed by atoms with E-state index in [2.05, 4.69) is 47.8 Å². The number of hydrogen-bond donors (Lipinski definition) is 1. The van der Waals surface area contributed by atoms with Gasteiger partial charge in [0.15, 0.2) is 5.82 Å². The van der Waals surface area contributed by atoms with Crippen molar-refractivity contribution in [3.63, 3.8) is 0 Å². The zero-order chi connectivity index (χ0) is 16.1. The molecule has 0 aliphatic heterocycles. The molecule has 2 aromatic rings. The number of hydrogen-bond acceptors (Lipinski definition) is 5. The molecule has 116 valence electrons. The van der Waals surface area contributed by atoms with Crippen molar-refractivity contribution >= 4 is 17.2 Å². The average Bonchev–Trinajstić information content (AvgIpc) is 2.46. The molecule has 0 amide bonds. The Hall–Kier alpha value is -2.43. The molecular weight excluding hydrogens is 276 g/mol. The fraction of sp³-hybridized carbons (Fsp3) is 0.353. The largest absolute Gasteiger partial charge is 0.506 e. The predicted molar refractivity (Wildman–Crippen MR) is 89.3 cm³/mol. The van der Waals surface area contributed by atoms with Crippen molar-refractivity contribution in [3.05, 3.63) is 42.6 Å². The lowest BCUT2D eigenvalue weighted by Crippen LogP contribution is -2.36. The second kappa shape index (κ2) is 7.02. The fourth-order valence-electron chi connectivity index (χ4n) is 2.47. The molecule has 0 aliphatic carbocycles. The summed E-state index contributed by atoms with van der Waals surface area (Å²) < 4.78 is 0. The van der Waals surface area contributed by atoms with Crippen LogP contribution in [0.3, 0.4) is 0 Å². The Balaban J connectivity index is 2.25. The van der Waals surface area contributed by atoms with Crippen LogP contribution in [0.4, 0.5) is 17.2 Å². The highest BCUT2D eigenvalue weighted by Gasteiger charge is 2.15. The van der Waals surface area contributed by atoms with Gasteiger partial charge in [0.25, 0.3) is 0 Å². The van der Waals surface area contributed by atoms with Crippen molar-refractivity contribution in [2.24, 2.45) is 10.2 Å². The number of pyridine rings is 1. The molecule has 0 radical (unpaired) electrons. The van der Waals surface area contributed by atoms with E-state index in [9.17, 15) is 5.11 Å². The highest BCUT2D eigenvalue weighted by atomic mass is 16.3. The molecule has 0 unspecified atom stereocenters. The Kier molecular flexibility index (Phi) is 5.09. The highest BCUT2D eigenvalue weighted by molar-refractivity contribution is 5.61. The van der Waals surface area contributed by atoms with E-state index in [1.807, 2.05) is 18.2 Å². The van der Waals surface area contributed by atoms with Crippen molar-refractivity contribution < 1.29 is 5.11 Å². The van der Waals surface area contributed by atoms with E-state index in [4.69, 9.17) is 0 Å². The van der Waals surface area contributed by atoms with Crippen molar-refractivity contribution in [2.75, 3.05) is 4.90 Å². The fourth-order valence-corrected chi connectivity index (χ4v) is 2.47. The lowest BCUT2D eigenvalue weighted by atomic mass is 10.1. The van der Waals surface area contributed by atoms with Crippen LogP contribution in [-0.2, 0) is 0 Å². The molecule has 0 saturated heterocycles. The first-order chi connectivity index (χ1) is 10.5. The maximum Gasteiger partial charge on any atom is 0.174 e. The first kappa shape index (κ1) is 15.9. The summed E-state index contributed by atoms with van der Waals surface area (Å²) in [6, 6.07) is 11.6. The standard InChI is InChI=1S/C17H22N4O/c1-12(2)21(13(3)4)14-8-9-15(16(22)11-14)19-20-17-7-5-6-10-18-17/h5-13,22H,1-4H3/b20-19+. The molecule has 5 nitrogen and oxygen atoms in total. The number of azo groups is 1. The molecule has 0 atom stereocenters. The smallest absolute Gasteiger partial charge is 0.174 e. The molecule has 0 fully saturated rings. The second-order valence-corrected chi connectivity index (χ2v) is 5.66. The van der Waals surface area contributed by atoms with E-state index in [1.165, 1.54) is 0 Å². The number of phenolic OH excluding ortho intramolecular Hbond substituents is 1. The third kappa shape index (κ3) is 3.81. The highest BCUT2D eigenvalue weighted by Crippen LogP contribution is 2.33. The van der Waals surface area contributed by atoms with Gasteiger partial charge in [-0.2, -0.15) is 0 Å². The zero-order valence-corrected chi connectivity index (χ0v) is 13.4. The number of rotatable bonds is 5. The van der Waals surface area contributed by atoms with E-state index in [1.54, 1.807) is 24.4 Å². The van der Waals surface area contributed by atoms with E-state index in [0.29, 0.717) is 23.6 Å². The minimum absolute atomic E-state index is 0.114. The van der Waals surface area contributed by atoms with Crippen LogP contribution in [0.25, 0.3) is 0 Å². The molecular formula is C17H22N4O. The summed E-state index contributed by atoms with van der Waals surface area (Å²) in [6.45, 7) is 8.52. The number of nitrogens with zero attached hydrogens (tertiary/aromatic N) is 4. The minimum Gasteiger partial charge on any atom is -0.506 e. The van der Waals surface area contributed by atoms with Gasteiger partial charge in [0.1, 0.15) is 11.4 Å². The number of aromatic hydroxyl groups is 1. The predicted octanol–water partition coefficient (Wildman–Crippen LogP) is 4.83. The topological polar surface area (TPSA) is 61.1 Å². The molecule has 0 aliphatic rings. The Bertz CT molecular complexity index is 630. The van der Waals surface area contributed by atoms with Crippen LogP contribution in [0.5, 0.6) is 5.75 Å². The van der Waals surface area contributed by atoms with Gasteiger partial charge in [-0.05, 0) is 52.0 Å². The molecule has 1 aromatic carbocycles. The summed E-state index contributed by atoms with van der Waals surface area (Å²) in [5.74, 6) is 0.625. The van der Waals surface area contributed by atoms with E-state index in [-0.39, 0.29) is 5.75 Å². The van der Waals surface area contributed by atoms with Crippen molar-refractivity contribution in [3.8, 4) is 5.75 Å². The zero-order valence-electron chi connectivity index (χ0n) is 13.4. The molecule has 0 saturated carbocycles. The Morgan fingerprint density at radius 2 is 1.73 bits per heavy atom. The van der Waals surface area contributed by atoms with Crippen LogP contribution in [0.15, 0.2) is 52.8 Å². The number of benzene rings is 1. The van der Waals surface area contributed by atoms with E-state index >= 15 is 0 Å². The third-order valence-corrected chi connectivity index (χ3v) is 3.28. The normalized spacial score (nSPS) is 11.5. The molecule has 5 heteroatoms. The molecule has 0 bridgehead atoms. The van der Waals surface area contributed by atoms with Gasteiger partial charge in [-0.25, -0.2) is 4.98 Å². The van der Waals surface area contributed by atoms with Gasteiger partial charge < -0.3 is 10.0 Å². The van der Waals surface area contributed by atoms with Crippen molar-refractivity contribution in [2.45, 2.75) is 39.8 Å². The van der Waals surface area contributed by atoms with Gasteiger partial charge in [-0.15, -0.1) is 10.2 Å². The molecule has 2 rings (SSSR count). The van der Waals surface area contributed by atoms with Crippen LogP contribution in [0.2, 0.25) is 0 Å². The van der Waals surface area contributed by atoms with Crippen LogP contribution in [-0.4, -0.2) is 22.2 Å². The summed E-state index contributed by atoms with van der Waals surface area (Å²) >= 11 is 0. The molecule has 1 heterocycles. The Labute approximate surface area is 131 Å². The summed E-state index contributed by atoms with van der Waals surface area (Å²) in [5.41, 5.74) is 1.40. The third-order valence-electron chi connectivity index (χ3n) is 3.28. The molecule has 1 aromatic heterocycles. The Morgan fingerprint density at radius 3 is 2.27 bits per heavy atom. The van der Waals surface area contributed by atoms with Gasteiger partial charge in [0.2, 0.25) is 0 Å². The van der Waals surface area contributed by atoms with Crippen molar-refractivity contribution in [1.82, 2.24) is 4.98 Å². The summed E-state index contributed by atoms with van der Waals surface area (Å²) in [7, 11) is 0. The maximum atomic E-state index is 10.2. The molecule has 22 heavy (non-hydrogen) atoms. The SMILES string of the molecule is CC(C)N(c1ccc(/N=N/c2ccccn2)c(O)c1)C(C)C. The van der Waals surface area contributed by atoms with Crippen molar-refractivity contribution in [1.29, 1.82) is 0 Å². The van der Waals surface area contributed by atoms with Crippen LogP contribution < -0.4 is 4.90 Å². The summed E-state index contributed by atoms with van der Waals surface area (Å²) in [6.07, 6.45) is 1.65. The lowest BCUT2D eigenvalue weighted by Gasteiger charge is -2.33. The van der Waals surface area contributed by atoms with Gasteiger partial charge in [-0.1, -0.05) is 6.07 Å². The number of anilines is 1. The monoisotopic (exact) mass is 298 g/mol. The van der Waals surface area contributed by atoms with Crippen LogP contribution in [0.1, 0.15) is 27.7 Å². The van der Waals surface area contributed by atoms with Gasteiger partial charge in [0.05, 0.1) is 0 Å². The Morgan fingerprint density at radius 1 is 1.00 bits per heavy atom. The first-order valence-electron chi connectivity index (χ1n) is 7.43. The minimum atomic E-state index is 0.114. The van der Waals surface area contributed by atoms with E-state index in [0.717, 1.165) is 5.69 Å². The average molecular weight is 298 g/mol. The van der Waals surface area contributed by atoms with Gasteiger partial charge >= 0.3 is 0 Å². The summed E-state index contributed by atoms with van der Waals surface area (Å²) in [5, 5.41) is 18.3. The molecule has 0 spiro atoms. The maximum absolute atomic E-state index is 10.2. The van der Waals surface area contributed by atoms with Gasteiger partial charge in [-0.3, -0.25) is 0 Å². The van der Waals surface area contributed by atoms with Gasteiger partial charge in [0, 0.05) is 30.0 Å². The lowest BCUT2D eigenvalue weighted by molar-refractivity contribution is 0.475. The quantitative estimate of drug-likeness (QED) is 0.804. The molecule has 1 N–H and O–H groups in total. The second-order valence-electron chi connectivity index (χ2n) is 5.66. The van der Waals surface area contributed by atoms with Crippen LogP contribution >= 0.6 is 0 Å². The van der Waals surface area contributed by atoms with E-state index < -0.39 is 0 Å². The first-order valence-corrected chi connectivity index (χ1v) is 7.43.